The van der Waals surface area contributed by atoms with Crippen molar-refractivity contribution in [1.82, 2.24) is 21.3 Å². The topological polar surface area (TPSA) is 137 Å². The van der Waals surface area contributed by atoms with E-state index in [0.717, 1.165) is 19.4 Å². The zero-order valence-corrected chi connectivity index (χ0v) is 13.7. The number of amides is 3. The normalized spacial score (nSPS) is 19.5. The second-order valence-electron chi connectivity index (χ2n) is 5.24. The Morgan fingerprint density at radius 2 is 2.00 bits per heavy atom. The molecule has 5 N–H and O–H groups in total. The highest BCUT2D eigenvalue weighted by molar-refractivity contribution is 7.80. The Bertz CT molecular complexity index is 467. The van der Waals surface area contributed by atoms with Gasteiger partial charge in [0.25, 0.3) is 0 Å². The molecular weight excluding hydrogens is 324 g/mol. The largest absolute Gasteiger partial charge is 0.480 e. The molecule has 1 aliphatic heterocycles. The van der Waals surface area contributed by atoms with Gasteiger partial charge in [-0.25, -0.2) is 0 Å². The van der Waals surface area contributed by atoms with Crippen molar-refractivity contribution in [3.8, 4) is 0 Å². The van der Waals surface area contributed by atoms with Gasteiger partial charge in [0.05, 0.1) is 12.6 Å². The Hall–Kier alpha value is -1.81. The van der Waals surface area contributed by atoms with Crippen molar-refractivity contribution in [3.05, 3.63) is 0 Å². The molecule has 1 rings (SSSR count). The van der Waals surface area contributed by atoms with E-state index in [4.69, 9.17) is 5.11 Å². The van der Waals surface area contributed by atoms with E-state index in [-0.39, 0.29) is 24.2 Å². The van der Waals surface area contributed by atoms with E-state index in [0.29, 0.717) is 0 Å². The summed E-state index contributed by atoms with van der Waals surface area (Å²) in [6, 6.07) is -2.34. The number of aliphatic carboxylic acids is 1. The average Bonchev–Trinajstić information content (AvgIpc) is 3.04. The number of hydrogen-bond acceptors (Lipinski definition) is 6. The lowest BCUT2D eigenvalue weighted by molar-refractivity contribution is -0.141. The van der Waals surface area contributed by atoms with Gasteiger partial charge in [0, 0.05) is 5.75 Å². The number of hydrogen-bond donors (Lipinski definition) is 6. The molecule has 1 saturated heterocycles. The molecule has 0 radical (unpaired) electrons. The van der Waals surface area contributed by atoms with Gasteiger partial charge in [-0.3, -0.25) is 19.2 Å². The van der Waals surface area contributed by atoms with Crippen LogP contribution < -0.4 is 21.3 Å². The molecule has 1 fully saturated rings. The molecule has 10 heteroatoms. The molecule has 130 valence electrons. The SMILES string of the molecule is CC(NC(=O)C(CS)NC(=O)CNC(=O)C1CCCN1)C(=O)O. The van der Waals surface area contributed by atoms with Crippen LogP contribution in [0.2, 0.25) is 0 Å². The predicted octanol–water partition coefficient (Wildman–Crippen LogP) is -2.14. The molecule has 1 heterocycles. The van der Waals surface area contributed by atoms with E-state index < -0.39 is 29.9 Å². The lowest BCUT2D eigenvalue weighted by Gasteiger charge is -2.18. The van der Waals surface area contributed by atoms with Crippen molar-refractivity contribution in [1.29, 1.82) is 0 Å². The first-order valence-corrected chi connectivity index (χ1v) is 7.93. The van der Waals surface area contributed by atoms with Crippen LogP contribution in [0.1, 0.15) is 19.8 Å². The molecule has 1 aliphatic rings. The molecule has 0 bridgehead atoms. The fourth-order valence-electron chi connectivity index (χ4n) is 2.01. The maximum atomic E-state index is 11.8. The van der Waals surface area contributed by atoms with Crippen molar-refractivity contribution < 1.29 is 24.3 Å². The van der Waals surface area contributed by atoms with Crippen LogP contribution >= 0.6 is 12.6 Å². The highest BCUT2D eigenvalue weighted by Gasteiger charge is 2.25. The summed E-state index contributed by atoms with van der Waals surface area (Å²) < 4.78 is 0. The molecule has 0 aromatic rings. The number of rotatable bonds is 8. The van der Waals surface area contributed by atoms with Crippen LogP contribution in [0.25, 0.3) is 0 Å². The third-order valence-electron chi connectivity index (χ3n) is 3.36. The van der Waals surface area contributed by atoms with E-state index in [2.05, 4.69) is 33.9 Å². The first-order valence-electron chi connectivity index (χ1n) is 7.29. The monoisotopic (exact) mass is 346 g/mol. The second kappa shape index (κ2) is 9.36. The molecule has 9 nitrogen and oxygen atoms in total. The fourth-order valence-corrected chi connectivity index (χ4v) is 2.27. The van der Waals surface area contributed by atoms with E-state index in [9.17, 15) is 19.2 Å². The minimum Gasteiger partial charge on any atom is -0.480 e. The summed E-state index contributed by atoms with van der Waals surface area (Å²) in [4.78, 5) is 46.1. The van der Waals surface area contributed by atoms with Crippen LogP contribution in [-0.2, 0) is 19.2 Å². The van der Waals surface area contributed by atoms with Gasteiger partial charge in [-0.2, -0.15) is 12.6 Å². The zero-order chi connectivity index (χ0) is 17.4. The predicted molar refractivity (Wildman–Crippen MR) is 85.1 cm³/mol. The van der Waals surface area contributed by atoms with Crippen LogP contribution in [0, 0.1) is 0 Å². The van der Waals surface area contributed by atoms with Crippen LogP contribution in [0.5, 0.6) is 0 Å². The molecule has 0 spiro atoms. The van der Waals surface area contributed by atoms with Gasteiger partial charge in [0.2, 0.25) is 17.7 Å². The van der Waals surface area contributed by atoms with Gasteiger partial charge in [-0.1, -0.05) is 0 Å². The van der Waals surface area contributed by atoms with Gasteiger partial charge in [0.15, 0.2) is 0 Å². The summed E-state index contributed by atoms with van der Waals surface area (Å²) in [5.74, 6) is -2.63. The molecular formula is C13H22N4O5S. The molecule has 3 unspecified atom stereocenters. The van der Waals surface area contributed by atoms with Crippen LogP contribution in [-0.4, -0.2) is 65.8 Å². The van der Waals surface area contributed by atoms with E-state index in [1.165, 1.54) is 6.92 Å². The minimum absolute atomic E-state index is 0.00202. The van der Waals surface area contributed by atoms with E-state index in [1.54, 1.807) is 0 Å². The third kappa shape index (κ3) is 6.45. The molecule has 0 aromatic heterocycles. The van der Waals surface area contributed by atoms with Crippen LogP contribution in [0.15, 0.2) is 0 Å². The van der Waals surface area contributed by atoms with E-state index in [1.807, 2.05) is 0 Å². The van der Waals surface area contributed by atoms with Crippen LogP contribution in [0.3, 0.4) is 0 Å². The summed E-state index contributed by atoms with van der Waals surface area (Å²) in [5.41, 5.74) is 0. The summed E-state index contributed by atoms with van der Waals surface area (Å²) in [6.07, 6.45) is 1.64. The number of thiol groups is 1. The Morgan fingerprint density at radius 3 is 2.52 bits per heavy atom. The molecule has 0 saturated carbocycles. The lowest BCUT2D eigenvalue weighted by Crippen LogP contribution is -2.53. The van der Waals surface area contributed by atoms with Crippen molar-refractivity contribution in [2.75, 3.05) is 18.8 Å². The second-order valence-corrected chi connectivity index (χ2v) is 5.60. The highest BCUT2D eigenvalue weighted by Crippen LogP contribution is 2.04. The zero-order valence-electron chi connectivity index (χ0n) is 12.8. The quantitative estimate of drug-likeness (QED) is 0.278. The van der Waals surface area contributed by atoms with Crippen molar-refractivity contribution >= 4 is 36.3 Å². The number of carbonyl (C=O) groups excluding carboxylic acids is 3. The van der Waals surface area contributed by atoms with E-state index >= 15 is 0 Å². The summed E-state index contributed by atoms with van der Waals surface area (Å²) in [7, 11) is 0. The Balaban J connectivity index is 2.38. The lowest BCUT2D eigenvalue weighted by atomic mass is 10.2. The molecule has 3 amide bonds. The first kappa shape index (κ1) is 19.2. The number of carbonyl (C=O) groups is 4. The van der Waals surface area contributed by atoms with Gasteiger partial charge >= 0.3 is 5.97 Å². The average molecular weight is 346 g/mol. The van der Waals surface area contributed by atoms with Gasteiger partial charge in [0.1, 0.15) is 12.1 Å². The first-order chi connectivity index (χ1) is 10.8. The summed E-state index contributed by atoms with van der Waals surface area (Å²) in [6.45, 7) is 1.82. The molecule has 0 aliphatic carbocycles. The standard InChI is InChI=1S/C13H22N4O5S/c1-7(13(21)22)16-12(20)9(6-23)17-10(18)5-15-11(19)8-3-2-4-14-8/h7-9,14,23H,2-6H2,1H3,(H,15,19)(H,16,20)(H,17,18)(H,21,22). The minimum atomic E-state index is -1.18. The fraction of sp³-hybridized carbons (Fsp3) is 0.692. The van der Waals surface area contributed by atoms with Crippen molar-refractivity contribution in [2.24, 2.45) is 0 Å². The summed E-state index contributed by atoms with van der Waals surface area (Å²) >= 11 is 3.96. The number of nitrogens with one attached hydrogen (secondary N) is 4. The van der Waals surface area contributed by atoms with Crippen LogP contribution in [0.4, 0.5) is 0 Å². The molecule has 3 atom stereocenters. The van der Waals surface area contributed by atoms with Crippen molar-refractivity contribution in [2.45, 2.75) is 37.9 Å². The number of carboxylic acid groups (broad SMARTS) is 1. The van der Waals surface area contributed by atoms with Crippen molar-refractivity contribution in [3.63, 3.8) is 0 Å². The van der Waals surface area contributed by atoms with Gasteiger partial charge in [-0.05, 0) is 26.3 Å². The molecule has 0 aromatic carbocycles. The van der Waals surface area contributed by atoms with Gasteiger partial charge < -0.3 is 26.4 Å². The van der Waals surface area contributed by atoms with Gasteiger partial charge in [-0.15, -0.1) is 0 Å². The molecule has 23 heavy (non-hydrogen) atoms. The smallest absolute Gasteiger partial charge is 0.325 e. The third-order valence-corrected chi connectivity index (χ3v) is 3.73. The Morgan fingerprint density at radius 1 is 1.30 bits per heavy atom. The highest BCUT2D eigenvalue weighted by atomic mass is 32.1. The Kier molecular flexibility index (Phi) is 7.83. The summed E-state index contributed by atoms with van der Waals surface area (Å²) in [5, 5.41) is 18.9. The Labute approximate surface area is 139 Å². The maximum absolute atomic E-state index is 11.8. The number of carboxylic acids is 1. The maximum Gasteiger partial charge on any atom is 0.325 e.